The van der Waals surface area contributed by atoms with E-state index in [0.717, 1.165) is 19.2 Å². The molecule has 1 aliphatic rings. The summed E-state index contributed by atoms with van der Waals surface area (Å²) in [5.41, 5.74) is -1.76. The largest absolute Gasteiger partial charge is 0.466 e. The molecule has 0 amide bonds. The van der Waals surface area contributed by atoms with E-state index in [0.29, 0.717) is 5.70 Å². The number of aromatic nitrogens is 2. The molecule has 27 heavy (non-hydrogen) atoms. The fourth-order valence-electron chi connectivity index (χ4n) is 3.06. The summed E-state index contributed by atoms with van der Waals surface area (Å²) in [6, 6.07) is 4.09. The van der Waals surface area contributed by atoms with Gasteiger partial charge in [-0.2, -0.15) is 13.2 Å². The van der Waals surface area contributed by atoms with E-state index >= 15 is 0 Å². The Hall–Kier alpha value is -3.30. The van der Waals surface area contributed by atoms with Gasteiger partial charge in [-0.15, -0.1) is 0 Å². The van der Waals surface area contributed by atoms with Crippen molar-refractivity contribution in [1.29, 1.82) is 0 Å². The maximum atomic E-state index is 12.8. The minimum atomic E-state index is -4.52. The highest BCUT2D eigenvalue weighted by molar-refractivity contribution is 5.94. The first kappa shape index (κ1) is 18.5. The van der Waals surface area contributed by atoms with E-state index in [4.69, 9.17) is 4.74 Å². The summed E-state index contributed by atoms with van der Waals surface area (Å²) in [5.74, 6) is -1.70. The number of hydrogen-bond acceptors (Lipinski definition) is 5. The van der Waals surface area contributed by atoms with Crippen LogP contribution in [0.1, 0.15) is 29.5 Å². The van der Waals surface area contributed by atoms with Crippen LogP contribution in [0.4, 0.5) is 19.0 Å². The summed E-state index contributed by atoms with van der Waals surface area (Å²) in [6.07, 6.45) is -4.52. The first-order chi connectivity index (χ1) is 12.6. The van der Waals surface area contributed by atoms with E-state index in [-0.39, 0.29) is 22.5 Å². The highest BCUT2D eigenvalue weighted by Crippen LogP contribution is 2.40. The van der Waals surface area contributed by atoms with Crippen LogP contribution in [0.2, 0.25) is 0 Å². The Balaban J connectivity index is 2.25. The van der Waals surface area contributed by atoms with E-state index in [9.17, 15) is 27.6 Å². The normalized spacial score (nSPS) is 16.6. The third-order valence-electron chi connectivity index (χ3n) is 4.25. The summed E-state index contributed by atoms with van der Waals surface area (Å²) >= 11 is 0. The fraction of sp³-hybridized carbons (Fsp3) is 0.235. The van der Waals surface area contributed by atoms with Gasteiger partial charge in [0.25, 0.3) is 5.56 Å². The van der Waals surface area contributed by atoms with E-state index in [2.05, 4.69) is 15.3 Å². The van der Waals surface area contributed by atoms with Gasteiger partial charge in [-0.25, -0.2) is 9.59 Å². The van der Waals surface area contributed by atoms with Gasteiger partial charge in [0, 0.05) is 5.70 Å². The fourth-order valence-corrected chi connectivity index (χ4v) is 3.06. The molecule has 7 nitrogen and oxygen atoms in total. The zero-order valence-corrected chi connectivity index (χ0v) is 14.2. The average molecular weight is 381 g/mol. The number of methoxy groups -OCH3 is 1. The zero-order chi connectivity index (χ0) is 19.9. The van der Waals surface area contributed by atoms with Gasteiger partial charge in [0.1, 0.15) is 5.82 Å². The van der Waals surface area contributed by atoms with Gasteiger partial charge in [-0.3, -0.25) is 14.8 Å². The number of carbonyl (C=O) groups excluding carboxylic acids is 1. The molecule has 0 saturated carbocycles. The number of rotatable bonds is 2. The number of hydrogen-bond donors (Lipinski definition) is 3. The van der Waals surface area contributed by atoms with Gasteiger partial charge >= 0.3 is 17.8 Å². The molecule has 1 aromatic heterocycles. The number of benzene rings is 1. The molecule has 1 atom stereocenters. The lowest BCUT2D eigenvalue weighted by Gasteiger charge is -2.28. The molecule has 0 saturated heterocycles. The number of halogens is 3. The predicted molar refractivity (Wildman–Crippen MR) is 89.3 cm³/mol. The molecule has 1 aliphatic heterocycles. The number of nitrogens with one attached hydrogen (secondary N) is 3. The van der Waals surface area contributed by atoms with Gasteiger partial charge in [0.2, 0.25) is 0 Å². The van der Waals surface area contributed by atoms with Crippen molar-refractivity contribution in [1.82, 2.24) is 9.97 Å². The lowest BCUT2D eigenvalue weighted by Crippen LogP contribution is -2.34. The van der Waals surface area contributed by atoms with Gasteiger partial charge in [0.15, 0.2) is 0 Å². The quantitative estimate of drug-likeness (QED) is 0.691. The Morgan fingerprint density at radius 3 is 2.30 bits per heavy atom. The molecule has 2 heterocycles. The maximum absolute atomic E-state index is 12.8. The summed E-state index contributed by atoms with van der Waals surface area (Å²) in [4.78, 5) is 40.7. The Bertz CT molecular complexity index is 1050. The first-order valence-corrected chi connectivity index (χ1v) is 7.73. The summed E-state index contributed by atoms with van der Waals surface area (Å²) < 4.78 is 43.3. The van der Waals surface area contributed by atoms with E-state index < -0.39 is 34.9 Å². The van der Waals surface area contributed by atoms with Crippen molar-refractivity contribution in [3.8, 4) is 0 Å². The Kier molecular flexibility index (Phi) is 4.42. The number of allylic oxidation sites excluding steroid dienone is 1. The number of ether oxygens (including phenoxy) is 1. The monoisotopic (exact) mass is 381 g/mol. The van der Waals surface area contributed by atoms with Gasteiger partial charge < -0.3 is 10.1 Å². The van der Waals surface area contributed by atoms with Crippen LogP contribution in [0, 0.1) is 0 Å². The van der Waals surface area contributed by atoms with Crippen molar-refractivity contribution in [2.45, 2.75) is 19.0 Å². The van der Waals surface area contributed by atoms with Crippen LogP contribution in [0.3, 0.4) is 0 Å². The summed E-state index contributed by atoms with van der Waals surface area (Å²) in [7, 11) is 1.15. The van der Waals surface area contributed by atoms with E-state index in [1.165, 1.54) is 19.1 Å². The molecule has 3 N–H and O–H groups in total. The molecule has 0 bridgehead atoms. The van der Waals surface area contributed by atoms with Crippen molar-refractivity contribution in [3.05, 3.63) is 73.1 Å². The minimum Gasteiger partial charge on any atom is -0.466 e. The minimum absolute atomic E-state index is 0.000332. The number of esters is 1. The smallest absolute Gasteiger partial charge is 0.416 e. The number of H-pyrrole nitrogens is 2. The highest BCUT2D eigenvalue weighted by atomic mass is 19.4. The molecule has 1 unspecified atom stereocenters. The van der Waals surface area contributed by atoms with Crippen LogP contribution < -0.4 is 16.6 Å². The standard InChI is InChI=1S/C17H14F3N3O4/c1-7-10(15(25)27-2)11(8-3-5-9(6-4-8)17(18,19)20)12-13(21-7)22-16(26)23-14(12)24/h3-6,11H,1-2H3,(H3,21,22,23,24,26). The molecule has 0 radical (unpaired) electrons. The van der Waals surface area contributed by atoms with Crippen molar-refractivity contribution in [3.63, 3.8) is 0 Å². The van der Waals surface area contributed by atoms with Crippen LogP contribution in [0.5, 0.6) is 0 Å². The van der Waals surface area contributed by atoms with E-state index in [1.54, 1.807) is 0 Å². The number of fused-ring (bicyclic) bond motifs is 1. The van der Waals surface area contributed by atoms with Crippen molar-refractivity contribution in [2.75, 3.05) is 12.4 Å². The Morgan fingerprint density at radius 2 is 1.74 bits per heavy atom. The first-order valence-electron chi connectivity index (χ1n) is 7.73. The number of carbonyl (C=O) groups is 1. The zero-order valence-electron chi connectivity index (χ0n) is 14.2. The second-order valence-corrected chi connectivity index (χ2v) is 5.90. The van der Waals surface area contributed by atoms with Crippen molar-refractivity contribution >= 4 is 11.8 Å². The van der Waals surface area contributed by atoms with Crippen LogP contribution in [0.15, 0.2) is 45.1 Å². The van der Waals surface area contributed by atoms with Crippen LogP contribution in [-0.2, 0) is 15.7 Å². The second kappa shape index (κ2) is 6.45. The molecule has 1 aromatic carbocycles. The Morgan fingerprint density at radius 1 is 1.11 bits per heavy atom. The third-order valence-corrected chi connectivity index (χ3v) is 4.25. The average Bonchev–Trinajstić information content (AvgIpc) is 2.59. The van der Waals surface area contributed by atoms with E-state index in [1.807, 2.05) is 0 Å². The highest BCUT2D eigenvalue weighted by Gasteiger charge is 2.36. The topological polar surface area (TPSA) is 104 Å². The predicted octanol–water partition coefficient (Wildman–Crippen LogP) is 2.09. The van der Waals surface area contributed by atoms with Crippen LogP contribution >= 0.6 is 0 Å². The molecule has 142 valence electrons. The lowest BCUT2D eigenvalue weighted by molar-refractivity contribution is -0.138. The molecule has 0 spiro atoms. The molecule has 2 aromatic rings. The summed E-state index contributed by atoms with van der Waals surface area (Å²) in [6.45, 7) is 1.53. The lowest BCUT2D eigenvalue weighted by atomic mass is 9.82. The molecular formula is C17H14F3N3O4. The van der Waals surface area contributed by atoms with Crippen LogP contribution in [0.25, 0.3) is 0 Å². The SMILES string of the molecule is COC(=O)C1=C(C)Nc2[nH]c(=O)[nH]c(=O)c2C1c1ccc(C(F)(F)F)cc1. The summed E-state index contributed by atoms with van der Waals surface area (Å²) in [5, 5.41) is 2.77. The molecule has 10 heteroatoms. The maximum Gasteiger partial charge on any atom is 0.416 e. The number of aromatic amines is 2. The number of alkyl halides is 3. The third kappa shape index (κ3) is 3.25. The molecule has 0 fully saturated rings. The van der Waals surface area contributed by atoms with Crippen LogP contribution in [-0.4, -0.2) is 23.0 Å². The Labute approximate surface area is 149 Å². The molecule has 3 rings (SSSR count). The second-order valence-electron chi connectivity index (χ2n) is 5.90. The van der Waals surface area contributed by atoms with Crippen molar-refractivity contribution in [2.24, 2.45) is 0 Å². The van der Waals surface area contributed by atoms with Crippen molar-refractivity contribution < 1.29 is 22.7 Å². The van der Waals surface area contributed by atoms with Gasteiger partial charge in [0.05, 0.1) is 29.7 Å². The molecule has 0 aliphatic carbocycles. The number of anilines is 1. The molecular weight excluding hydrogens is 367 g/mol. The van der Waals surface area contributed by atoms with Gasteiger partial charge in [-0.05, 0) is 24.6 Å². The van der Waals surface area contributed by atoms with Gasteiger partial charge in [-0.1, -0.05) is 12.1 Å².